The minimum Gasteiger partial charge on any atom is -0.458 e. The molecule has 0 saturated heterocycles. The molecule has 1 amide bonds. The lowest BCUT2D eigenvalue weighted by Crippen LogP contribution is -2.31. The summed E-state index contributed by atoms with van der Waals surface area (Å²) < 4.78 is 5.19. The maximum atomic E-state index is 11.8. The maximum Gasteiger partial charge on any atom is 0.325 e. The first-order valence-electron chi connectivity index (χ1n) is 8.58. The van der Waals surface area contributed by atoms with Crippen LogP contribution in [0.2, 0.25) is 0 Å². The molecule has 0 bridgehead atoms. The van der Waals surface area contributed by atoms with Crippen LogP contribution in [0.5, 0.6) is 0 Å². The van der Waals surface area contributed by atoms with Crippen molar-refractivity contribution >= 4 is 23.2 Å². The van der Waals surface area contributed by atoms with Crippen LogP contribution in [-0.4, -0.2) is 23.4 Å². The summed E-state index contributed by atoms with van der Waals surface area (Å²) in [5.74, 6) is -0.699. The third-order valence-electron chi connectivity index (χ3n) is 3.87. The number of benzene rings is 2. The molecule has 1 aromatic heterocycles. The first kappa shape index (κ1) is 18.8. The van der Waals surface area contributed by atoms with Gasteiger partial charge >= 0.3 is 5.97 Å². The lowest BCUT2D eigenvalue weighted by molar-refractivity contribution is -0.145. The van der Waals surface area contributed by atoms with E-state index in [9.17, 15) is 9.59 Å². The molecule has 0 atom stereocenters. The van der Waals surface area contributed by atoms with Gasteiger partial charge in [-0.3, -0.25) is 9.59 Å². The normalized spacial score (nSPS) is 10.4. The number of ether oxygens (including phenoxy) is 1. The van der Waals surface area contributed by atoms with E-state index in [4.69, 9.17) is 4.74 Å². The van der Waals surface area contributed by atoms with Gasteiger partial charge in [-0.05, 0) is 12.5 Å². The topological polar surface area (TPSA) is 68.3 Å². The smallest absolute Gasteiger partial charge is 0.325 e. The van der Waals surface area contributed by atoms with Crippen molar-refractivity contribution in [3.8, 4) is 10.6 Å². The maximum absolute atomic E-state index is 11.8. The lowest BCUT2D eigenvalue weighted by atomic mass is 10.1. The van der Waals surface area contributed by atoms with Crippen molar-refractivity contribution in [2.45, 2.75) is 20.0 Å². The average Bonchev–Trinajstić information content (AvgIpc) is 3.15. The molecule has 1 heterocycles. The van der Waals surface area contributed by atoms with E-state index in [1.165, 1.54) is 16.9 Å². The number of thiazole rings is 1. The van der Waals surface area contributed by atoms with Crippen molar-refractivity contribution in [3.05, 3.63) is 76.8 Å². The van der Waals surface area contributed by atoms with E-state index < -0.39 is 5.97 Å². The Hall–Kier alpha value is -2.99. The second-order valence-electron chi connectivity index (χ2n) is 6.11. The van der Waals surface area contributed by atoms with Crippen molar-refractivity contribution in [3.63, 3.8) is 0 Å². The quantitative estimate of drug-likeness (QED) is 0.637. The Kier molecular flexibility index (Phi) is 6.33. The standard InChI is InChI=1S/C21H20N2O3S/c1-15-7-9-17(10-8-15)21-23-18(14-27-21)13-26-20(25)12-22-19(24)11-16-5-3-2-4-6-16/h2-10,14H,11-13H2,1H3,(H,22,24). The van der Waals surface area contributed by atoms with Gasteiger partial charge in [0.25, 0.3) is 0 Å². The highest BCUT2D eigenvalue weighted by Gasteiger charge is 2.10. The summed E-state index contributed by atoms with van der Waals surface area (Å²) in [5, 5.41) is 5.33. The van der Waals surface area contributed by atoms with E-state index in [1.54, 1.807) is 0 Å². The van der Waals surface area contributed by atoms with Crippen LogP contribution in [0.25, 0.3) is 10.6 Å². The summed E-state index contributed by atoms with van der Waals surface area (Å²) in [7, 11) is 0. The highest BCUT2D eigenvalue weighted by Crippen LogP contribution is 2.24. The number of rotatable bonds is 7. The predicted octanol–water partition coefficient (Wildman–Crippen LogP) is 3.52. The molecule has 0 radical (unpaired) electrons. The largest absolute Gasteiger partial charge is 0.458 e. The van der Waals surface area contributed by atoms with Crippen LogP contribution in [-0.2, 0) is 27.4 Å². The van der Waals surface area contributed by atoms with E-state index in [-0.39, 0.29) is 25.5 Å². The first-order valence-corrected chi connectivity index (χ1v) is 9.46. The molecule has 0 fully saturated rings. The van der Waals surface area contributed by atoms with Gasteiger partial charge in [0.1, 0.15) is 18.2 Å². The van der Waals surface area contributed by atoms with Crippen LogP contribution in [0, 0.1) is 6.92 Å². The fourth-order valence-corrected chi connectivity index (χ4v) is 3.23. The van der Waals surface area contributed by atoms with Gasteiger partial charge in [0.15, 0.2) is 0 Å². The molecular formula is C21H20N2O3S. The van der Waals surface area contributed by atoms with Crippen LogP contribution in [0.3, 0.4) is 0 Å². The second kappa shape index (κ2) is 9.09. The molecule has 5 nitrogen and oxygen atoms in total. The first-order chi connectivity index (χ1) is 13.1. The highest BCUT2D eigenvalue weighted by molar-refractivity contribution is 7.13. The van der Waals surface area contributed by atoms with Gasteiger partial charge in [0, 0.05) is 10.9 Å². The number of aryl methyl sites for hydroxylation is 1. The third-order valence-corrected chi connectivity index (χ3v) is 4.81. The molecule has 0 unspecified atom stereocenters. The van der Waals surface area contributed by atoms with Crippen molar-refractivity contribution < 1.29 is 14.3 Å². The molecule has 3 rings (SSSR count). The van der Waals surface area contributed by atoms with Gasteiger partial charge < -0.3 is 10.1 Å². The minimum absolute atomic E-state index is 0.0930. The van der Waals surface area contributed by atoms with Crippen LogP contribution in [0.4, 0.5) is 0 Å². The van der Waals surface area contributed by atoms with Crippen molar-refractivity contribution in [2.75, 3.05) is 6.54 Å². The Morgan fingerprint density at radius 2 is 1.81 bits per heavy atom. The monoisotopic (exact) mass is 380 g/mol. The van der Waals surface area contributed by atoms with Crippen molar-refractivity contribution in [2.24, 2.45) is 0 Å². The summed E-state index contributed by atoms with van der Waals surface area (Å²) in [6.45, 7) is 1.98. The number of carbonyl (C=O) groups is 2. The molecule has 0 aliphatic carbocycles. The Morgan fingerprint density at radius 3 is 2.56 bits per heavy atom. The summed E-state index contributed by atoms with van der Waals surface area (Å²) in [6.07, 6.45) is 0.236. The molecule has 27 heavy (non-hydrogen) atoms. The summed E-state index contributed by atoms with van der Waals surface area (Å²) >= 11 is 1.51. The highest BCUT2D eigenvalue weighted by atomic mass is 32.1. The van der Waals surface area contributed by atoms with Crippen LogP contribution in [0.1, 0.15) is 16.8 Å². The van der Waals surface area contributed by atoms with Gasteiger partial charge in [-0.2, -0.15) is 0 Å². The Bertz CT molecular complexity index is 905. The minimum atomic E-state index is -0.485. The van der Waals surface area contributed by atoms with Gasteiger partial charge in [-0.25, -0.2) is 4.98 Å². The fourth-order valence-electron chi connectivity index (χ4n) is 2.42. The fraction of sp³-hybridized carbons (Fsp3) is 0.190. The van der Waals surface area contributed by atoms with Crippen molar-refractivity contribution in [1.82, 2.24) is 10.3 Å². The Morgan fingerprint density at radius 1 is 1.07 bits per heavy atom. The predicted molar refractivity (Wildman–Crippen MR) is 105 cm³/mol. The molecule has 0 aliphatic rings. The molecule has 3 aromatic rings. The zero-order valence-corrected chi connectivity index (χ0v) is 15.8. The number of nitrogens with one attached hydrogen (secondary N) is 1. The number of carbonyl (C=O) groups excluding carboxylic acids is 2. The van der Waals surface area contributed by atoms with E-state index in [0.717, 1.165) is 16.1 Å². The van der Waals surface area contributed by atoms with Crippen LogP contribution >= 0.6 is 11.3 Å². The van der Waals surface area contributed by atoms with Gasteiger partial charge in [0.05, 0.1) is 12.1 Å². The molecule has 1 N–H and O–H groups in total. The molecule has 6 heteroatoms. The van der Waals surface area contributed by atoms with Gasteiger partial charge in [-0.15, -0.1) is 11.3 Å². The third kappa shape index (κ3) is 5.76. The summed E-state index contributed by atoms with van der Waals surface area (Å²) in [6, 6.07) is 17.5. The zero-order chi connectivity index (χ0) is 19.1. The number of esters is 1. The van der Waals surface area contributed by atoms with E-state index in [0.29, 0.717) is 5.69 Å². The molecule has 0 aliphatic heterocycles. The van der Waals surface area contributed by atoms with Gasteiger partial charge in [0.2, 0.25) is 5.91 Å². The van der Waals surface area contributed by atoms with E-state index >= 15 is 0 Å². The number of amides is 1. The number of nitrogens with zero attached hydrogens (tertiary/aromatic N) is 1. The lowest BCUT2D eigenvalue weighted by Gasteiger charge is -2.05. The molecule has 0 spiro atoms. The molecule has 138 valence electrons. The second-order valence-corrected chi connectivity index (χ2v) is 6.97. The molecular weight excluding hydrogens is 360 g/mol. The SMILES string of the molecule is Cc1ccc(-c2nc(COC(=O)CNC(=O)Cc3ccccc3)cs2)cc1. The summed E-state index contributed by atoms with van der Waals surface area (Å²) in [5.41, 5.74) is 3.82. The number of hydrogen-bond donors (Lipinski definition) is 1. The van der Waals surface area contributed by atoms with E-state index in [1.807, 2.05) is 66.9 Å². The van der Waals surface area contributed by atoms with Gasteiger partial charge in [-0.1, -0.05) is 60.2 Å². The Balaban J connectivity index is 1.43. The van der Waals surface area contributed by atoms with Crippen LogP contribution in [0.15, 0.2) is 60.0 Å². The summed E-state index contributed by atoms with van der Waals surface area (Å²) in [4.78, 5) is 28.2. The van der Waals surface area contributed by atoms with Crippen molar-refractivity contribution in [1.29, 1.82) is 0 Å². The molecule has 2 aromatic carbocycles. The van der Waals surface area contributed by atoms with Crippen LogP contribution < -0.4 is 5.32 Å². The molecule has 0 saturated carbocycles. The number of aromatic nitrogens is 1. The zero-order valence-electron chi connectivity index (χ0n) is 15.0. The average molecular weight is 380 g/mol. The number of hydrogen-bond acceptors (Lipinski definition) is 5. The Labute approximate surface area is 162 Å². The van der Waals surface area contributed by atoms with E-state index in [2.05, 4.69) is 10.3 Å².